The van der Waals surface area contributed by atoms with Gasteiger partial charge in [0.1, 0.15) is 17.9 Å². The molecule has 46 heavy (non-hydrogen) atoms. The van der Waals surface area contributed by atoms with Gasteiger partial charge < -0.3 is 29.9 Å². The Labute approximate surface area is 275 Å². The first kappa shape index (κ1) is 35.1. The van der Waals surface area contributed by atoms with Crippen LogP contribution in [0.1, 0.15) is 56.1 Å². The normalized spacial score (nSPS) is 19.4. The van der Waals surface area contributed by atoms with Crippen molar-refractivity contribution in [3.8, 4) is 0 Å². The molecule has 0 saturated carbocycles. The molecule has 1 saturated heterocycles. The Bertz CT molecular complexity index is 1460. The summed E-state index contributed by atoms with van der Waals surface area (Å²) in [5.41, 5.74) is 2.99. The standard InChI is InChI=1S/C37H49N3O5Si/c1-26(2)38-36(42)32(40-35(41)29-21-15-10-16-22-29)31-34(44-24-28-19-13-9-14-20-28)33(43-23-27-17-11-8-12-18-27)30(39-31)25-45-46(6,7)37(3,4)5/h8-22,26,30,33-34,39H,23-25H2,1-7H3,(H,38,42)(H,40,41)/b32-31-/t30-,33+,34+/m0/s1. The fourth-order valence-corrected chi connectivity index (χ4v) is 5.90. The van der Waals surface area contributed by atoms with Crippen LogP contribution in [0, 0.1) is 0 Å². The Morgan fingerprint density at radius 1 is 0.826 bits per heavy atom. The van der Waals surface area contributed by atoms with Crippen molar-refractivity contribution in [1.82, 2.24) is 16.0 Å². The minimum absolute atomic E-state index is 0.000153. The van der Waals surface area contributed by atoms with E-state index in [4.69, 9.17) is 13.9 Å². The number of amides is 2. The molecule has 1 heterocycles. The van der Waals surface area contributed by atoms with E-state index in [2.05, 4.69) is 49.8 Å². The van der Waals surface area contributed by atoms with E-state index in [1.807, 2.05) is 80.6 Å². The SMILES string of the molecule is CC(C)NC(=O)/C(NC(=O)c1ccccc1)=C1/N[C@@H](CO[Si](C)(C)C(C)(C)C)[C@@H](OCc2ccccc2)[C@@H]1OCc1ccccc1. The topological polar surface area (TPSA) is 97.9 Å². The van der Waals surface area contributed by atoms with Crippen LogP contribution in [0.4, 0.5) is 0 Å². The number of ether oxygens (including phenoxy) is 2. The third kappa shape index (κ3) is 9.39. The lowest BCUT2D eigenvalue weighted by molar-refractivity contribution is -0.118. The highest BCUT2D eigenvalue weighted by atomic mass is 28.4. The Hall–Kier alpha value is -3.76. The third-order valence-corrected chi connectivity index (χ3v) is 13.0. The molecule has 0 aliphatic carbocycles. The predicted octanol–water partition coefficient (Wildman–Crippen LogP) is 6.32. The van der Waals surface area contributed by atoms with Crippen LogP contribution >= 0.6 is 0 Å². The molecule has 0 unspecified atom stereocenters. The maximum absolute atomic E-state index is 13.8. The zero-order valence-electron chi connectivity index (χ0n) is 28.1. The Morgan fingerprint density at radius 3 is 1.87 bits per heavy atom. The van der Waals surface area contributed by atoms with E-state index in [-0.39, 0.29) is 29.4 Å². The van der Waals surface area contributed by atoms with Crippen LogP contribution in [0.2, 0.25) is 18.1 Å². The zero-order valence-corrected chi connectivity index (χ0v) is 29.1. The first-order valence-corrected chi connectivity index (χ1v) is 18.9. The minimum atomic E-state index is -2.15. The van der Waals surface area contributed by atoms with E-state index in [1.165, 1.54) is 0 Å². The van der Waals surface area contributed by atoms with Gasteiger partial charge >= 0.3 is 0 Å². The van der Waals surface area contributed by atoms with Crippen LogP contribution in [0.15, 0.2) is 102 Å². The molecule has 2 amide bonds. The summed E-state index contributed by atoms with van der Waals surface area (Å²) in [6.45, 7) is 15.8. The van der Waals surface area contributed by atoms with Gasteiger partial charge in [0.2, 0.25) is 0 Å². The van der Waals surface area contributed by atoms with Crippen LogP contribution < -0.4 is 16.0 Å². The second-order valence-corrected chi connectivity index (χ2v) is 18.3. The lowest BCUT2D eigenvalue weighted by Crippen LogP contribution is -2.47. The van der Waals surface area contributed by atoms with Gasteiger partial charge in [-0.1, -0.05) is 99.6 Å². The van der Waals surface area contributed by atoms with Crippen LogP contribution in [0.3, 0.4) is 0 Å². The highest BCUT2D eigenvalue weighted by molar-refractivity contribution is 6.74. The predicted molar refractivity (Wildman–Crippen MR) is 184 cm³/mol. The monoisotopic (exact) mass is 643 g/mol. The second kappa shape index (κ2) is 15.7. The number of nitrogens with one attached hydrogen (secondary N) is 3. The summed E-state index contributed by atoms with van der Waals surface area (Å²) in [6.07, 6.45) is -1.24. The lowest BCUT2D eigenvalue weighted by atomic mass is 10.1. The first-order valence-electron chi connectivity index (χ1n) is 16.0. The average molecular weight is 644 g/mol. The largest absolute Gasteiger partial charge is 0.415 e. The van der Waals surface area contributed by atoms with Gasteiger partial charge in [0.05, 0.1) is 31.6 Å². The van der Waals surface area contributed by atoms with Gasteiger partial charge in [-0.05, 0) is 55.2 Å². The van der Waals surface area contributed by atoms with Crippen LogP contribution in [-0.2, 0) is 31.9 Å². The average Bonchev–Trinajstić information content (AvgIpc) is 3.37. The maximum Gasteiger partial charge on any atom is 0.269 e. The van der Waals surface area contributed by atoms with Crippen molar-refractivity contribution in [1.29, 1.82) is 0 Å². The molecule has 0 radical (unpaired) electrons. The van der Waals surface area contributed by atoms with Crippen molar-refractivity contribution in [2.45, 2.75) is 90.3 Å². The van der Waals surface area contributed by atoms with E-state index in [0.717, 1.165) is 11.1 Å². The van der Waals surface area contributed by atoms with E-state index in [0.29, 0.717) is 24.5 Å². The van der Waals surface area contributed by atoms with Crippen LogP contribution in [-0.4, -0.2) is 51.0 Å². The number of hydrogen-bond acceptors (Lipinski definition) is 6. The number of carbonyl (C=O) groups is 2. The molecular formula is C37H49N3O5Si. The molecule has 3 aromatic carbocycles. The molecule has 1 fully saturated rings. The van der Waals surface area contributed by atoms with Gasteiger partial charge in [-0.15, -0.1) is 0 Å². The van der Waals surface area contributed by atoms with E-state index < -0.39 is 32.3 Å². The maximum atomic E-state index is 13.8. The molecule has 246 valence electrons. The summed E-state index contributed by atoms with van der Waals surface area (Å²) in [5, 5.41) is 9.43. The lowest BCUT2D eigenvalue weighted by Gasteiger charge is -2.37. The molecule has 3 N–H and O–H groups in total. The van der Waals surface area contributed by atoms with Crippen LogP contribution in [0.5, 0.6) is 0 Å². The first-order chi connectivity index (χ1) is 21.9. The van der Waals surface area contributed by atoms with E-state index >= 15 is 0 Å². The molecule has 3 aromatic rings. The molecule has 8 nitrogen and oxygen atoms in total. The van der Waals surface area contributed by atoms with Crippen molar-refractivity contribution in [3.63, 3.8) is 0 Å². The highest BCUT2D eigenvalue weighted by Crippen LogP contribution is 2.37. The third-order valence-electron chi connectivity index (χ3n) is 8.50. The van der Waals surface area contributed by atoms with E-state index in [1.54, 1.807) is 24.3 Å². The van der Waals surface area contributed by atoms with Crippen molar-refractivity contribution >= 4 is 20.1 Å². The molecule has 9 heteroatoms. The Morgan fingerprint density at radius 2 is 1.35 bits per heavy atom. The van der Waals surface area contributed by atoms with Crippen molar-refractivity contribution in [2.24, 2.45) is 0 Å². The Kier molecular flexibility index (Phi) is 12.0. The smallest absolute Gasteiger partial charge is 0.269 e. The zero-order chi connectivity index (χ0) is 33.3. The quantitative estimate of drug-likeness (QED) is 0.149. The molecule has 1 aliphatic rings. The molecule has 0 spiro atoms. The summed E-state index contributed by atoms with van der Waals surface area (Å²) in [7, 11) is -2.15. The summed E-state index contributed by atoms with van der Waals surface area (Å²) in [5.74, 6) is -0.809. The molecule has 1 aliphatic heterocycles. The molecule has 3 atom stereocenters. The summed E-state index contributed by atoms with van der Waals surface area (Å²) >= 11 is 0. The molecule has 4 rings (SSSR count). The number of benzene rings is 3. The number of hydrogen-bond donors (Lipinski definition) is 3. The van der Waals surface area contributed by atoms with Gasteiger partial charge in [0.15, 0.2) is 8.32 Å². The fraction of sp³-hybridized carbons (Fsp3) is 0.405. The molecule has 0 bridgehead atoms. The molecule has 0 aromatic heterocycles. The summed E-state index contributed by atoms with van der Waals surface area (Å²) in [6, 6.07) is 28.2. The summed E-state index contributed by atoms with van der Waals surface area (Å²) < 4.78 is 20.0. The fourth-order valence-electron chi connectivity index (χ4n) is 4.87. The van der Waals surface area contributed by atoms with E-state index in [9.17, 15) is 9.59 Å². The second-order valence-electron chi connectivity index (χ2n) is 13.5. The Balaban J connectivity index is 1.78. The van der Waals surface area contributed by atoms with Gasteiger partial charge in [0.25, 0.3) is 11.8 Å². The van der Waals surface area contributed by atoms with Crippen molar-refractivity contribution < 1.29 is 23.5 Å². The summed E-state index contributed by atoms with van der Waals surface area (Å²) in [4.78, 5) is 27.3. The van der Waals surface area contributed by atoms with Gasteiger partial charge in [-0.2, -0.15) is 0 Å². The number of carbonyl (C=O) groups excluding carboxylic acids is 2. The van der Waals surface area contributed by atoms with Crippen molar-refractivity contribution in [3.05, 3.63) is 119 Å². The number of rotatable bonds is 13. The van der Waals surface area contributed by atoms with Gasteiger partial charge in [-0.3, -0.25) is 9.59 Å². The van der Waals surface area contributed by atoms with Gasteiger partial charge in [-0.25, -0.2) is 0 Å². The van der Waals surface area contributed by atoms with Crippen molar-refractivity contribution in [2.75, 3.05) is 6.61 Å². The van der Waals surface area contributed by atoms with Crippen LogP contribution in [0.25, 0.3) is 0 Å². The highest BCUT2D eigenvalue weighted by Gasteiger charge is 2.46. The van der Waals surface area contributed by atoms with Gasteiger partial charge in [0, 0.05) is 11.6 Å². The minimum Gasteiger partial charge on any atom is -0.415 e. The molecular weight excluding hydrogens is 595 g/mol.